The Balaban J connectivity index is 2.53. The van der Waals surface area contributed by atoms with Crippen molar-refractivity contribution in [1.29, 1.82) is 0 Å². The number of aliphatic hydroxyl groups excluding tert-OH is 1. The van der Waals surface area contributed by atoms with Crippen molar-refractivity contribution in [2.24, 2.45) is 0 Å². The maximum atomic E-state index is 9.36. The largest absolute Gasteiger partial charge is 0.389 e. The molecule has 0 fully saturated rings. The lowest BCUT2D eigenvalue weighted by atomic mass is 9.99. The molecule has 2 aromatic rings. The van der Waals surface area contributed by atoms with E-state index < -0.39 is 6.10 Å². The fourth-order valence-corrected chi connectivity index (χ4v) is 1.75. The van der Waals surface area contributed by atoms with Crippen LogP contribution in [-0.4, -0.2) is 11.2 Å². The smallest absolute Gasteiger partial charge is 0.0766 e. The summed E-state index contributed by atoms with van der Waals surface area (Å²) in [5, 5.41) is 9.36. The summed E-state index contributed by atoms with van der Waals surface area (Å²) >= 11 is 0. The zero-order chi connectivity index (χ0) is 12.8. The summed E-state index contributed by atoms with van der Waals surface area (Å²) in [5.41, 5.74) is 6.39. The van der Waals surface area contributed by atoms with E-state index in [1.165, 1.54) is 0 Å². The van der Waals surface area contributed by atoms with Crippen molar-refractivity contribution < 1.29 is 5.11 Å². The Bertz CT molecular complexity index is 505. The molecule has 0 saturated carbocycles. The number of aliphatic hydroxyl groups is 1. The maximum Gasteiger partial charge on any atom is 0.0766 e. The van der Waals surface area contributed by atoms with E-state index >= 15 is 0 Å². The molecule has 0 radical (unpaired) electrons. The van der Waals surface area contributed by atoms with Crippen molar-refractivity contribution in [3.8, 4) is 0 Å². The highest BCUT2D eigenvalue weighted by Crippen LogP contribution is 2.21. The topological polar surface area (TPSA) is 20.2 Å². The molecular weight excluding hydrogens is 220 g/mol. The summed E-state index contributed by atoms with van der Waals surface area (Å²) in [7, 11) is 0. The number of benzene rings is 2. The van der Waals surface area contributed by atoms with E-state index in [0.29, 0.717) is 0 Å². The molecule has 2 rings (SSSR count). The monoisotopic (exact) mass is 236 g/mol. The van der Waals surface area contributed by atoms with Crippen molar-refractivity contribution in [1.82, 2.24) is 0 Å². The van der Waals surface area contributed by atoms with Gasteiger partial charge in [0.05, 0.1) is 6.10 Å². The number of rotatable bonds is 3. The van der Waals surface area contributed by atoms with Crippen molar-refractivity contribution in [3.63, 3.8) is 0 Å². The van der Waals surface area contributed by atoms with Gasteiger partial charge in [-0.1, -0.05) is 60.7 Å². The van der Waals surface area contributed by atoms with Crippen LogP contribution in [0.2, 0.25) is 0 Å². The van der Waals surface area contributed by atoms with E-state index in [-0.39, 0.29) is 0 Å². The Morgan fingerprint density at radius 1 is 0.944 bits per heavy atom. The summed E-state index contributed by atoms with van der Waals surface area (Å²) in [6.07, 6.45) is 1.18. The van der Waals surface area contributed by atoms with E-state index in [0.717, 1.165) is 16.7 Å². The van der Waals surface area contributed by atoms with Crippen LogP contribution in [0, 0.1) is 0 Å². The van der Waals surface area contributed by atoms with E-state index in [2.05, 4.69) is 5.73 Å². The van der Waals surface area contributed by atoms with Crippen molar-refractivity contribution in [2.45, 2.75) is 13.0 Å². The summed E-state index contributed by atoms with van der Waals surface area (Å²) in [6.45, 7) is 1.72. The molecule has 1 N–H and O–H groups in total. The molecule has 0 bridgehead atoms. The first-order valence-electron chi connectivity index (χ1n) is 6.03. The van der Waals surface area contributed by atoms with Gasteiger partial charge in [0.25, 0.3) is 0 Å². The second-order valence-electron chi connectivity index (χ2n) is 4.16. The van der Waals surface area contributed by atoms with Crippen LogP contribution in [0.1, 0.15) is 18.1 Å². The minimum Gasteiger partial charge on any atom is -0.389 e. The Labute approximate surface area is 108 Å². The van der Waals surface area contributed by atoms with Crippen molar-refractivity contribution in [2.75, 3.05) is 0 Å². The van der Waals surface area contributed by atoms with Gasteiger partial charge in [0.1, 0.15) is 0 Å². The van der Waals surface area contributed by atoms with Gasteiger partial charge < -0.3 is 5.11 Å². The summed E-state index contributed by atoms with van der Waals surface area (Å²) in [5.74, 6) is 0. The van der Waals surface area contributed by atoms with Gasteiger partial charge in [-0.2, -0.15) is 0 Å². The molecule has 0 heterocycles. The van der Waals surface area contributed by atoms with Crippen LogP contribution in [0.4, 0.5) is 0 Å². The molecule has 0 amide bonds. The van der Waals surface area contributed by atoms with Gasteiger partial charge in [-0.25, -0.2) is 0 Å². The molecule has 0 aromatic heterocycles. The van der Waals surface area contributed by atoms with E-state index in [9.17, 15) is 5.11 Å². The lowest BCUT2D eigenvalue weighted by Crippen LogP contribution is -1.91. The lowest BCUT2D eigenvalue weighted by Gasteiger charge is -2.05. The third-order valence-electron chi connectivity index (χ3n) is 2.59. The summed E-state index contributed by atoms with van der Waals surface area (Å²) in [4.78, 5) is 0. The summed E-state index contributed by atoms with van der Waals surface area (Å²) in [6, 6.07) is 20.2. The molecule has 1 atom stereocenters. The third kappa shape index (κ3) is 3.21. The van der Waals surface area contributed by atoms with E-state index in [1.54, 1.807) is 13.0 Å². The molecule has 1 unspecified atom stereocenters. The molecule has 1 nitrogen and oxygen atoms in total. The standard InChI is InChI=1S/C17H16O/c1-14(18)12-13-17(15-8-4-2-5-9-15)16-10-6-3-7-11-16/h2-12,14,18H,1H3. The van der Waals surface area contributed by atoms with Gasteiger partial charge in [-0.15, -0.1) is 5.73 Å². The fraction of sp³-hybridized carbons (Fsp3) is 0.118. The highest BCUT2D eigenvalue weighted by molar-refractivity contribution is 5.79. The van der Waals surface area contributed by atoms with E-state index in [4.69, 9.17) is 0 Å². The Kier molecular flexibility index (Phi) is 4.14. The van der Waals surface area contributed by atoms with Gasteiger partial charge in [-0.05, 0) is 24.1 Å². The fourth-order valence-electron chi connectivity index (χ4n) is 1.75. The number of hydrogen-bond donors (Lipinski definition) is 1. The quantitative estimate of drug-likeness (QED) is 0.806. The van der Waals surface area contributed by atoms with Crippen LogP contribution in [0.5, 0.6) is 0 Å². The van der Waals surface area contributed by atoms with Crippen LogP contribution in [0.3, 0.4) is 0 Å². The molecule has 0 spiro atoms. The Hall–Kier alpha value is -2.08. The lowest BCUT2D eigenvalue weighted by molar-refractivity contribution is 0.244. The molecule has 2 aromatic carbocycles. The first-order valence-corrected chi connectivity index (χ1v) is 6.03. The third-order valence-corrected chi connectivity index (χ3v) is 2.59. The molecular formula is C17H16O. The predicted octanol–water partition coefficient (Wildman–Crippen LogP) is 3.65. The molecule has 0 aliphatic rings. The molecule has 0 saturated heterocycles. The predicted molar refractivity (Wildman–Crippen MR) is 75.2 cm³/mol. The van der Waals surface area contributed by atoms with Crippen LogP contribution in [0.15, 0.2) is 72.5 Å². The first-order chi connectivity index (χ1) is 8.77. The van der Waals surface area contributed by atoms with Crippen LogP contribution >= 0.6 is 0 Å². The van der Waals surface area contributed by atoms with Gasteiger partial charge in [0.15, 0.2) is 0 Å². The highest BCUT2D eigenvalue weighted by Gasteiger charge is 2.02. The summed E-state index contributed by atoms with van der Waals surface area (Å²) < 4.78 is 0. The minimum absolute atomic E-state index is 0.493. The van der Waals surface area contributed by atoms with Crippen LogP contribution in [-0.2, 0) is 0 Å². The van der Waals surface area contributed by atoms with Crippen LogP contribution in [0.25, 0.3) is 5.57 Å². The second kappa shape index (κ2) is 6.02. The average molecular weight is 236 g/mol. The molecule has 1 heteroatoms. The molecule has 0 aliphatic heterocycles. The zero-order valence-electron chi connectivity index (χ0n) is 10.4. The van der Waals surface area contributed by atoms with E-state index in [1.807, 2.05) is 60.7 Å². The first kappa shape index (κ1) is 12.4. The zero-order valence-corrected chi connectivity index (χ0v) is 10.4. The minimum atomic E-state index is -0.493. The SMILES string of the molecule is CC(O)C=C=C(c1ccccc1)c1ccccc1. The normalized spacial score (nSPS) is 11.4. The Morgan fingerprint density at radius 2 is 1.39 bits per heavy atom. The van der Waals surface area contributed by atoms with Gasteiger partial charge in [-0.3, -0.25) is 0 Å². The van der Waals surface area contributed by atoms with Gasteiger partial charge >= 0.3 is 0 Å². The van der Waals surface area contributed by atoms with Gasteiger partial charge in [0, 0.05) is 5.57 Å². The average Bonchev–Trinajstić information content (AvgIpc) is 2.41. The molecule has 0 aliphatic carbocycles. The maximum absolute atomic E-state index is 9.36. The van der Waals surface area contributed by atoms with Crippen molar-refractivity contribution >= 4 is 5.57 Å². The molecule has 90 valence electrons. The Morgan fingerprint density at radius 3 is 1.78 bits per heavy atom. The van der Waals surface area contributed by atoms with Gasteiger partial charge in [0.2, 0.25) is 0 Å². The number of hydrogen-bond acceptors (Lipinski definition) is 1. The molecule has 18 heavy (non-hydrogen) atoms. The second-order valence-corrected chi connectivity index (χ2v) is 4.16. The van der Waals surface area contributed by atoms with Crippen LogP contribution < -0.4 is 0 Å². The highest BCUT2D eigenvalue weighted by atomic mass is 16.3. The van der Waals surface area contributed by atoms with Crippen molar-refractivity contribution in [3.05, 3.63) is 83.6 Å².